The van der Waals surface area contributed by atoms with E-state index in [1.807, 2.05) is 11.8 Å². The standard InChI is InChI=1S/C20H26N4O5/c1-11-10-24(6-5-13(11)20(25)26)19-18(21)22-9-14(23-19)12-7-15(27-2)17(29-4)16(8-12)28-3/h7-9,11,13H,5-6,10H2,1-4H3,(H2,21,22)(H,25,26)/t11-,13+/m1/s1. The second-order valence-corrected chi connectivity index (χ2v) is 7.03. The topological polar surface area (TPSA) is 120 Å². The van der Waals surface area contributed by atoms with Gasteiger partial charge in [0.25, 0.3) is 0 Å². The number of benzene rings is 1. The molecule has 2 heterocycles. The maximum atomic E-state index is 11.4. The summed E-state index contributed by atoms with van der Waals surface area (Å²) < 4.78 is 16.2. The summed E-state index contributed by atoms with van der Waals surface area (Å²) in [7, 11) is 4.65. The molecule has 0 saturated carbocycles. The fraction of sp³-hybridized carbons (Fsp3) is 0.450. The van der Waals surface area contributed by atoms with Gasteiger partial charge in [-0.2, -0.15) is 0 Å². The van der Waals surface area contributed by atoms with Crippen LogP contribution in [0.5, 0.6) is 17.2 Å². The fourth-order valence-electron chi connectivity index (χ4n) is 3.69. The number of rotatable bonds is 6. The van der Waals surface area contributed by atoms with E-state index in [1.165, 1.54) is 0 Å². The number of carboxylic acids is 1. The molecule has 1 aromatic heterocycles. The van der Waals surface area contributed by atoms with Crippen LogP contribution in [-0.2, 0) is 4.79 Å². The number of hydrogen-bond acceptors (Lipinski definition) is 8. The molecule has 2 atom stereocenters. The molecular weight excluding hydrogens is 376 g/mol. The molecule has 29 heavy (non-hydrogen) atoms. The number of carboxylic acid groups (broad SMARTS) is 1. The van der Waals surface area contributed by atoms with Crippen LogP contribution in [0, 0.1) is 11.8 Å². The highest BCUT2D eigenvalue weighted by molar-refractivity contribution is 5.73. The second-order valence-electron chi connectivity index (χ2n) is 7.03. The summed E-state index contributed by atoms with van der Waals surface area (Å²) in [6, 6.07) is 3.59. The third-order valence-corrected chi connectivity index (χ3v) is 5.26. The van der Waals surface area contributed by atoms with Crippen LogP contribution in [0.4, 0.5) is 11.6 Å². The molecule has 2 aromatic rings. The molecule has 0 radical (unpaired) electrons. The molecule has 1 saturated heterocycles. The molecule has 1 fully saturated rings. The second kappa shape index (κ2) is 8.42. The lowest BCUT2D eigenvalue weighted by Gasteiger charge is -2.36. The molecule has 9 nitrogen and oxygen atoms in total. The van der Waals surface area contributed by atoms with Crippen molar-refractivity contribution in [1.82, 2.24) is 9.97 Å². The lowest BCUT2D eigenvalue weighted by molar-refractivity contribution is -0.144. The number of nitrogen functional groups attached to an aromatic ring is 1. The molecule has 1 aliphatic heterocycles. The van der Waals surface area contributed by atoms with Gasteiger partial charge in [0.1, 0.15) is 0 Å². The predicted octanol–water partition coefficient (Wildman–Crippen LogP) is 2.30. The van der Waals surface area contributed by atoms with Crippen molar-refractivity contribution in [3.05, 3.63) is 18.3 Å². The van der Waals surface area contributed by atoms with Crippen molar-refractivity contribution in [3.8, 4) is 28.5 Å². The Labute approximate surface area is 169 Å². The third kappa shape index (κ3) is 3.98. The molecule has 1 aliphatic rings. The molecule has 3 N–H and O–H groups in total. The molecule has 0 unspecified atom stereocenters. The van der Waals surface area contributed by atoms with Crippen LogP contribution in [0.2, 0.25) is 0 Å². The minimum Gasteiger partial charge on any atom is -0.493 e. The van der Waals surface area contributed by atoms with Crippen molar-refractivity contribution >= 4 is 17.6 Å². The highest BCUT2D eigenvalue weighted by atomic mass is 16.5. The molecule has 0 spiro atoms. The van der Waals surface area contributed by atoms with E-state index >= 15 is 0 Å². The van der Waals surface area contributed by atoms with Crippen LogP contribution in [0.1, 0.15) is 13.3 Å². The van der Waals surface area contributed by atoms with Gasteiger partial charge >= 0.3 is 5.97 Å². The van der Waals surface area contributed by atoms with Crippen molar-refractivity contribution in [3.63, 3.8) is 0 Å². The minimum absolute atomic E-state index is 0.0210. The number of aliphatic carboxylic acids is 1. The number of nitrogens with two attached hydrogens (primary N) is 1. The molecule has 1 aromatic carbocycles. The van der Waals surface area contributed by atoms with Crippen molar-refractivity contribution < 1.29 is 24.1 Å². The maximum Gasteiger partial charge on any atom is 0.306 e. The minimum atomic E-state index is -0.762. The van der Waals surface area contributed by atoms with E-state index in [0.29, 0.717) is 54.1 Å². The van der Waals surface area contributed by atoms with E-state index in [0.717, 1.165) is 5.56 Å². The summed E-state index contributed by atoms with van der Waals surface area (Å²) in [6.07, 6.45) is 2.12. The highest BCUT2D eigenvalue weighted by Crippen LogP contribution is 2.41. The van der Waals surface area contributed by atoms with Crippen LogP contribution < -0.4 is 24.8 Å². The molecule has 9 heteroatoms. The summed E-state index contributed by atoms with van der Waals surface area (Å²) in [6.45, 7) is 3.03. The van der Waals surface area contributed by atoms with Gasteiger partial charge in [0.15, 0.2) is 23.1 Å². The van der Waals surface area contributed by atoms with E-state index in [2.05, 4.69) is 4.98 Å². The quantitative estimate of drug-likeness (QED) is 0.750. The van der Waals surface area contributed by atoms with Crippen molar-refractivity contribution in [2.45, 2.75) is 13.3 Å². The van der Waals surface area contributed by atoms with Gasteiger partial charge in [0, 0.05) is 18.7 Å². The Morgan fingerprint density at radius 2 is 1.86 bits per heavy atom. The Hall–Kier alpha value is -3.23. The van der Waals surface area contributed by atoms with Crippen LogP contribution in [0.25, 0.3) is 11.3 Å². The van der Waals surface area contributed by atoms with Crippen LogP contribution >= 0.6 is 0 Å². The van der Waals surface area contributed by atoms with Gasteiger partial charge in [-0.15, -0.1) is 0 Å². The SMILES string of the molecule is COc1cc(-c2cnc(N)c(N3CC[C@H](C(=O)O)[C@H](C)C3)n2)cc(OC)c1OC. The molecule has 3 rings (SSSR count). The van der Waals surface area contributed by atoms with Crippen molar-refractivity contribution in [2.24, 2.45) is 11.8 Å². The smallest absolute Gasteiger partial charge is 0.306 e. The van der Waals surface area contributed by atoms with Gasteiger partial charge in [0.05, 0.1) is 39.1 Å². The molecule has 156 valence electrons. The maximum absolute atomic E-state index is 11.4. The van der Waals surface area contributed by atoms with Gasteiger partial charge in [0.2, 0.25) is 5.75 Å². The largest absolute Gasteiger partial charge is 0.493 e. The number of carbonyl (C=O) groups is 1. The lowest BCUT2D eigenvalue weighted by atomic mass is 9.87. The van der Waals surface area contributed by atoms with E-state index in [1.54, 1.807) is 39.7 Å². The Morgan fingerprint density at radius 3 is 2.38 bits per heavy atom. The van der Waals surface area contributed by atoms with Crippen LogP contribution in [0.15, 0.2) is 18.3 Å². The summed E-state index contributed by atoms with van der Waals surface area (Å²) >= 11 is 0. The van der Waals surface area contributed by atoms with Crippen molar-refractivity contribution in [2.75, 3.05) is 45.1 Å². The Morgan fingerprint density at radius 1 is 1.21 bits per heavy atom. The molecule has 0 bridgehead atoms. The first-order valence-electron chi connectivity index (χ1n) is 9.30. The molecule has 0 aliphatic carbocycles. The predicted molar refractivity (Wildman–Crippen MR) is 109 cm³/mol. The lowest BCUT2D eigenvalue weighted by Crippen LogP contribution is -2.42. The average Bonchev–Trinajstić information content (AvgIpc) is 2.72. The van der Waals surface area contributed by atoms with Gasteiger partial charge in [-0.25, -0.2) is 9.97 Å². The Kier molecular flexibility index (Phi) is 5.95. The molecule has 0 amide bonds. The Balaban J connectivity index is 1.97. The molecular formula is C20H26N4O5. The monoisotopic (exact) mass is 402 g/mol. The van der Waals surface area contributed by atoms with Crippen LogP contribution in [0.3, 0.4) is 0 Å². The van der Waals surface area contributed by atoms with Gasteiger partial charge in [-0.3, -0.25) is 4.79 Å². The van der Waals surface area contributed by atoms with Crippen LogP contribution in [-0.4, -0.2) is 55.5 Å². The normalized spacial score (nSPS) is 19.0. The number of ether oxygens (including phenoxy) is 3. The van der Waals surface area contributed by atoms with Gasteiger partial charge < -0.3 is 30.0 Å². The highest BCUT2D eigenvalue weighted by Gasteiger charge is 2.32. The van der Waals surface area contributed by atoms with E-state index in [9.17, 15) is 9.90 Å². The zero-order valence-corrected chi connectivity index (χ0v) is 17.0. The first-order chi connectivity index (χ1) is 13.9. The third-order valence-electron chi connectivity index (χ3n) is 5.26. The number of piperidine rings is 1. The summed E-state index contributed by atoms with van der Waals surface area (Å²) in [5, 5.41) is 9.35. The zero-order valence-electron chi connectivity index (χ0n) is 17.0. The number of nitrogens with zero attached hydrogens (tertiary/aromatic N) is 3. The first-order valence-corrected chi connectivity index (χ1v) is 9.30. The summed E-state index contributed by atoms with van der Waals surface area (Å²) in [4.78, 5) is 22.4. The number of hydrogen-bond donors (Lipinski definition) is 2. The first kappa shape index (κ1) is 20.5. The van der Waals surface area contributed by atoms with Crippen molar-refractivity contribution in [1.29, 1.82) is 0 Å². The van der Waals surface area contributed by atoms with Gasteiger partial charge in [-0.1, -0.05) is 6.92 Å². The fourth-order valence-corrected chi connectivity index (χ4v) is 3.69. The van der Waals surface area contributed by atoms with E-state index in [-0.39, 0.29) is 11.8 Å². The Bertz CT molecular complexity index is 879. The summed E-state index contributed by atoms with van der Waals surface area (Å²) in [5.41, 5.74) is 7.43. The van der Waals surface area contributed by atoms with E-state index < -0.39 is 5.97 Å². The number of anilines is 2. The summed E-state index contributed by atoms with van der Waals surface area (Å²) in [5.74, 6) is 1.23. The average molecular weight is 402 g/mol. The number of aromatic nitrogens is 2. The zero-order chi connectivity index (χ0) is 21.1. The van der Waals surface area contributed by atoms with Gasteiger partial charge in [-0.05, 0) is 24.5 Å². The van der Waals surface area contributed by atoms with E-state index in [4.69, 9.17) is 24.9 Å². The number of methoxy groups -OCH3 is 3.